The smallest absolute Gasteiger partial charge is 0.0545 e. The Morgan fingerprint density at radius 1 is 1.43 bits per heavy atom. The maximum Gasteiger partial charge on any atom is 0.0545 e. The van der Waals surface area contributed by atoms with E-state index in [2.05, 4.69) is 25.1 Å². The monoisotopic (exact) mass is 213 g/mol. The van der Waals surface area contributed by atoms with Gasteiger partial charge in [-0.2, -0.15) is 0 Å². The number of terminal acetylenes is 1. The van der Waals surface area contributed by atoms with E-state index in [1.807, 2.05) is 11.8 Å². The molecule has 0 spiro atoms. The van der Waals surface area contributed by atoms with Gasteiger partial charge in [0.1, 0.15) is 0 Å². The number of hydrogen-bond donors (Lipinski definition) is 1. The predicted octanol–water partition coefficient (Wildman–Crippen LogP) is 2.91. The van der Waals surface area contributed by atoms with Crippen molar-refractivity contribution in [2.75, 3.05) is 18.1 Å². The second-order valence-corrected chi connectivity index (χ2v) is 4.71. The summed E-state index contributed by atoms with van der Waals surface area (Å²) in [5.41, 5.74) is 0. The highest BCUT2D eigenvalue weighted by molar-refractivity contribution is 7.99. The van der Waals surface area contributed by atoms with Crippen LogP contribution in [0.15, 0.2) is 0 Å². The summed E-state index contributed by atoms with van der Waals surface area (Å²) in [6.07, 6.45) is 10.5. The van der Waals surface area contributed by atoms with Crippen molar-refractivity contribution in [3.63, 3.8) is 0 Å². The minimum Gasteiger partial charge on any atom is -0.313 e. The van der Waals surface area contributed by atoms with E-state index in [9.17, 15) is 0 Å². The molecule has 14 heavy (non-hydrogen) atoms. The minimum atomic E-state index is 0.660. The van der Waals surface area contributed by atoms with E-state index in [0.29, 0.717) is 6.04 Å². The molecule has 0 amide bonds. The van der Waals surface area contributed by atoms with Gasteiger partial charge in [0, 0.05) is 18.3 Å². The second-order valence-electron chi connectivity index (χ2n) is 3.61. The summed E-state index contributed by atoms with van der Waals surface area (Å²) in [6.45, 7) is 5.59. The Bertz CT molecular complexity index is 151. The van der Waals surface area contributed by atoms with E-state index in [1.165, 1.54) is 25.7 Å². The van der Waals surface area contributed by atoms with Gasteiger partial charge in [-0.1, -0.05) is 32.1 Å². The molecule has 0 aromatic carbocycles. The lowest BCUT2D eigenvalue weighted by Crippen LogP contribution is -2.28. The van der Waals surface area contributed by atoms with E-state index in [4.69, 9.17) is 6.42 Å². The molecule has 0 radical (unpaired) electrons. The molecule has 0 rings (SSSR count). The van der Waals surface area contributed by atoms with E-state index >= 15 is 0 Å². The molecule has 0 fully saturated rings. The van der Waals surface area contributed by atoms with Crippen molar-refractivity contribution in [2.45, 2.75) is 45.6 Å². The Balaban J connectivity index is 3.10. The van der Waals surface area contributed by atoms with Gasteiger partial charge < -0.3 is 5.32 Å². The van der Waals surface area contributed by atoms with Crippen LogP contribution in [0.1, 0.15) is 39.5 Å². The summed E-state index contributed by atoms with van der Waals surface area (Å²) in [5.74, 6) is 4.60. The van der Waals surface area contributed by atoms with Crippen LogP contribution in [-0.4, -0.2) is 24.1 Å². The van der Waals surface area contributed by atoms with Crippen molar-refractivity contribution in [3.05, 3.63) is 0 Å². The van der Waals surface area contributed by atoms with Crippen LogP contribution < -0.4 is 5.32 Å². The zero-order valence-corrected chi connectivity index (χ0v) is 10.3. The topological polar surface area (TPSA) is 12.0 Å². The first-order chi connectivity index (χ1) is 6.81. The third kappa shape index (κ3) is 9.95. The maximum atomic E-state index is 5.16. The first kappa shape index (κ1) is 13.9. The van der Waals surface area contributed by atoms with Gasteiger partial charge in [-0.25, -0.2) is 0 Å². The molecule has 0 heterocycles. The molecule has 0 aromatic heterocycles. The molecule has 0 aromatic rings. The van der Waals surface area contributed by atoms with Gasteiger partial charge in [0.15, 0.2) is 0 Å². The van der Waals surface area contributed by atoms with Crippen LogP contribution in [-0.2, 0) is 0 Å². The van der Waals surface area contributed by atoms with Crippen LogP contribution in [0.4, 0.5) is 0 Å². The van der Waals surface area contributed by atoms with Crippen LogP contribution >= 0.6 is 11.8 Å². The van der Waals surface area contributed by atoms with Crippen LogP contribution in [0.2, 0.25) is 0 Å². The Kier molecular flexibility index (Phi) is 10.8. The molecule has 0 saturated carbocycles. The lowest BCUT2D eigenvalue weighted by Gasteiger charge is -2.12. The van der Waals surface area contributed by atoms with E-state index in [1.54, 1.807) is 0 Å². The fraction of sp³-hybridized carbons (Fsp3) is 0.833. The van der Waals surface area contributed by atoms with Crippen molar-refractivity contribution < 1.29 is 0 Å². The van der Waals surface area contributed by atoms with Crippen molar-refractivity contribution in [1.82, 2.24) is 5.32 Å². The quantitative estimate of drug-likeness (QED) is 0.467. The molecular weight excluding hydrogens is 190 g/mol. The van der Waals surface area contributed by atoms with E-state index in [-0.39, 0.29) is 0 Å². The minimum absolute atomic E-state index is 0.660. The number of nitrogens with one attached hydrogen (secondary N) is 1. The molecule has 0 bridgehead atoms. The zero-order chi connectivity index (χ0) is 10.6. The second kappa shape index (κ2) is 10.9. The highest BCUT2D eigenvalue weighted by Crippen LogP contribution is 2.03. The fourth-order valence-electron chi connectivity index (χ4n) is 1.31. The Hall–Kier alpha value is -0.130. The fourth-order valence-corrected chi connectivity index (χ4v) is 1.84. The summed E-state index contributed by atoms with van der Waals surface area (Å²) >= 11 is 1.82. The van der Waals surface area contributed by atoms with E-state index in [0.717, 1.165) is 18.1 Å². The van der Waals surface area contributed by atoms with Gasteiger partial charge in [0.25, 0.3) is 0 Å². The van der Waals surface area contributed by atoms with Crippen LogP contribution in [0.3, 0.4) is 0 Å². The van der Waals surface area contributed by atoms with Crippen molar-refractivity contribution >= 4 is 11.8 Å². The highest BCUT2D eigenvalue weighted by atomic mass is 32.2. The molecule has 82 valence electrons. The first-order valence-electron chi connectivity index (χ1n) is 5.55. The Morgan fingerprint density at radius 3 is 2.86 bits per heavy atom. The molecule has 0 aliphatic carbocycles. The molecule has 1 unspecified atom stereocenters. The molecular formula is C12H23NS. The summed E-state index contributed by atoms with van der Waals surface area (Å²) in [5, 5.41) is 3.51. The number of unbranched alkanes of at least 4 members (excludes halogenated alkanes) is 2. The third-order valence-electron chi connectivity index (χ3n) is 2.17. The standard InChI is InChI=1S/C12H23NS/c1-4-6-7-8-12(3)13-9-11-14-10-5-2/h2,12-13H,4,6-11H2,1,3H3. The predicted molar refractivity (Wildman–Crippen MR) is 67.8 cm³/mol. The molecule has 2 heteroatoms. The lowest BCUT2D eigenvalue weighted by atomic mass is 10.1. The Morgan fingerprint density at radius 2 is 2.21 bits per heavy atom. The van der Waals surface area contributed by atoms with Gasteiger partial charge in [0.2, 0.25) is 0 Å². The van der Waals surface area contributed by atoms with Gasteiger partial charge in [-0.15, -0.1) is 18.2 Å². The van der Waals surface area contributed by atoms with E-state index < -0.39 is 0 Å². The summed E-state index contributed by atoms with van der Waals surface area (Å²) in [6, 6.07) is 0.660. The summed E-state index contributed by atoms with van der Waals surface area (Å²) in [7, 11) is 0. The molecule has 1 N–H and O–H groups in total. The molecule has 0 saturated heterocycles. The molecule has 0 aliphatic heterocycles. The molecule has 1 atom stereocenters. The molecule has 0 aliphatic rings. The van der Waals surface area contributed by atoms with Gasteiger partial charge in [-0.05, 0) is 13.3 Å². The number of rotatable bonds is 9. The zero-order valence-electron chi connectivity index (χ0n) is 9.51. The number of thioether (sulfide) groups is 1. The Labute approximate surface area is 93.4 Å². The van der Waals surface area contributed by atoms with Gasteiger partial charge in [0.05, 0.1) is 5.75 Å². The van der Waals surface area contributed by atoms with Gasteiger partial charge in [-0.3, -0.25) is 0 Å². The van der Waals surface area contributed by atoms with Crippen LogP contribution in [0, 0.1) is 12.3 Å². The summed E-state index contributed by atoms with van der Waals surface area (Å²) < 4.78 is 0. The van der Waals surface area contributed by atoms with Crippen molar-refractivity contribution in [3.8, 4) is 12.3 Å². The third-order valence-corrected chi connectivity index (χ3v) is 3.03. The highest BCUT2D eigenvalue weighted by Gasteiger charge is 1.99. The largest absolute Gasteiger partial charge is 0.313 e. The average molecular weight is 213 g/mol. The normalized spacial score (nSPS) is 12.4. The molecule has 1 nitrogen and oxygen atoms in total. The van der Waals surface area contributed by atoms with Crippen molar-refractivity contribution in [2.24, 2.45) is 0 Å². The SMILES string of the molecule is C#CCSCCNC(C)CCCCC. The lowest BCUT2D eigenvalue weighted by molar-refractivity contribution is 0.502. The number of hydrogen-bond acceptors (Lipinski definition) is 2. The van der Waals surface area contributed by atoms with Crippen LogP contribution in [0.5, 0.6) is 0 Å². The van der Waals surface area contributed by atoms with Crippen LogP contribution in [0.25, 0.3) is 0 Å². The van der Waals surface area contributed by atoms with Gasteiger partial charge >= 0.3 is 0 Å². The summed E-state index contributed by atoms with van der Waals surface area (Å²) in [4.78, 5) is 0. The first-order valence-corrected chi connectivity index (χ1v) is 6.71. The maximum absolute atomic E-state index is 5.16. The van der Waals surface area contributed by atoms with Crippen molar-refractivity contribution in [1.29, 1.82) is 0 Å². The average Bonchev–Trinajstić information content (AvgIpc) is 2.18.